The first-order valence-corrected chi connectivity index (χ1v) is 8.51. The van der Waals surface area contributed by atoms with Crippen LogP contribution in [0.4, 0.5) is 0 Å². The molecule has 0 spiro atoms. The van der Waals surface area contributed by atoms with Gasteiger partial charge in [-0.3, -0.25) is 9.59 Å². The Morgan fingerprint density at radius 3 is 1.72 bits per heavy atom. The molecule has 0 saturated carbocycles. The van der Waals surface area contributed by atoms with E-state index in [1.54, 1.807) is 0 Å². The molecule has 0 saturated heterocycles. The van der Waals surface area contributed by atoms with Gasteiger partial charge in [-0.2, -0.15) is 0 Å². The summed E-state index contributed by atoms with van der Waals surface area (Å²) in [7, 11) is 0. The van der Waals surface area contributed by atoms with Crippen LogP contribution in [0.25, 0.3) is 0 Å². The van der Waals surface area contributed by atoms with Crippen molar-refractivity contribution in [1.29, 1.82) is 0 Å². The van der Waals surface area contributed by atoms with Crippen molar-refractivity contribution in [1.82, 2.24) is 0 Å². The van der Waals surface area contributed by atoms with Crippen molar-refractivity contribution < 1.29 is 9.59 Å². The predicted molar refractivity (Wildman–Crippen MR) is 100 cm³/mol. The van der Waals surface area contributed by atoms with Crippen LogP contribution in [0.5, 0.6) is 0 Å². The van der Waals surface area contributed by atoms with Crippen molar-refractivity contribution in [3.8, 4) is 0 Å². The van der Waals surface area contributed by atoms with Gasteiger partial charge in [-0.1, -0.05) is 84.9 Å². The number of rotatable bonds is 7. The van der Waals surface area contributed by atoms with E-state index >= 15 is 0 Å². The van der Waals surface area contributed by atoms with Crippen LogP contribution in [0.2, 0.25) is 0 Å². The largest absolute Gasteiger partial charge is 0.294 e. The fourth-order valence-corrected chi connectivity index (χ4v) is 2.80. The minimum Gasteiger partial charge on any atom is -0.294 e. The first kappa shape index (κ1) is 16.8. The molecule has 0 radical (unpaired) electrons. The second kappa shape index (κ2) is 8.20. The standard InChI is InChI=1S/C23H20O2/c24-22(19-9-3-1-4-10-19)13-7-8-18-14-16-21(17-15-18)23(25)20-11-5-2-6-12-20/h1-6,9-12,14-17H,7-8,13H2. The molecule has 0 unspecified atom stereocenters. The molecular weight excluding hydrogens is 308 g/mol. The number of hydrogen-bond donors (Lipinski definition) is 0. The van der Waals surface area contributed by atoms with Gasteiger partial charge >= 0.3 is 0 Å². The Balaban J connectivity index is 1.54. The van der Waals surface area contributed by atoms with Crippen molar-refractivity contribution in [2.24, 2.45) is 0 Å². The highest BCUT2D eigenvalue weighted by Crippen LogP contribution is 2.13. The van der Waals surface area contributed by atoms with E-state index in [-0.39, 0.29) is 11.6 Å². The molecule has 0 aliphatic rings. The fraction of sp³-hybridized carbons (Fsp3) is 0.130. The fourth-order valence-electron chi connectivity index (χ4n) is 2.80. The number of aryl methyl sites for hydroxylation is 1. The SMILES string of the molecule is O=C(CCCc1ccc(C(=O)c2ccccc2)cc1)c1ccccc1. The Bertz CT molecular complexity index is 834. The van der Waals surface area contributed by atoms with Crippen LogP contribution in [-0.2, 0) is 6.42 Å². The minimum atomic E-state index is 0.0337. The summed E-state index contributed by atoms with van der Waals surface area (Å²) in [5, 5.41) is 0. The highest BCUT2D eigenvalue weighted by Gasteiger charge is 2.08. The third kappa shape index (κ3) is 4.51. The first-order chi connectivity index (χ1) is 12.2. The molecule has 0 bridgehead atoms. The van der Waals surface area contributed by atoms with Crippen LogP contribution < -0.4 is 0 Å². The number of carbonyl (C=O) groups is 2. The van der Waals surface area contributed by atoms with Crippen LogP contribution in [0, 0.1) is 0 Å². The van der Waals surface area contributed by atoms with Crippen LogP contribution in [-0.4, -0.2) is 11.6 Å². The van der Waals surface area contributed by atoms with Gasteiger partial charge in [-0.25, -0.2) is 0 Å². The molecule has 0 atom stereocenters. The summed E-state index contributed by atoms with van der Waals surface area (Å²) >= 11 is 0. The summed E-state index contributed by atoms with van der Waals surface area (Å²) in [4.78, 5) is 24.5. The number of Topliss-reactive ketones (excluding diaryl/α,β-unsaturated/α-hetero) is 1. The van der Waals surface area contributed by atoms with Gasteiger partial charge in [0.2, 0.25) is 0 Å². The molecular formula is C23H20O2. The lowest BCUT2D eigenvalue weighted by atomic mass is 9.99. The molecule has 0 aliphatic carbocycles. The number of hydrogen-bond acceptors (Lipinski definition) is 2. The van der Waals surface area contributed by atoms with E-state index in [1.807, 2.05) is 84.9 Å². The van der Waals surface area contributed by atoms with E-state index in [0.29, 0.717) is 17.5 Å². The molecule has 0 heterocycles. The van der Waals surface area contributed by atoms with Gasteiger partial charge < -0.3 is 0 Å². The number of benzene rings is 3. The molecule has 3 rings (SSSR count). The Morgan fingerprint density at radius 1 is 0.600 bits per heavy atom. The molecule has 0 N–H and O–H groups in total. The lowest BCUT2D eigenvalue weighted by Gasteiger charge is -2.05. The van der Waals surface area contributed by atoms with Gasteiger partial charge in [0.05, 0.1) is 0 Å². The maximum absolute atomic E-state index is 12.4. The quantitative estimate of drug-likeness (QED) is 0.564. The second-order valence-electron chi connectivity index (χ2n) is 6.03. The number of carbonyl (C=O) groups excluding carboxylic acids is 2. The Morgan fingerprint density at radius 2 is 1.12 bits per heavy atom. The summed E-state index contributed by atoms with van der Waals surface area (Å²) in [6.45, 7) is 0. The maximum Gasteiger partial charge on any atom is 0.193 e. The molecule has 124 valence electrons. The topological polar surface area (TPSA) is 34.1 Å². The van der Waals surface area contributed by atoms with Gasteiger partial charge in [0.15, 0.2) is 11.6 Å². The van der Waals surface area contributed by atoms with Crippen LogP contribution in [0.15, 0.2) is 84.9 Å². The van der Waals surface area contributed by atoms with Crippen LogP contribution in [0.1, 0.15) is 44.7 Å². The van der Waals surface area contributed by atoms with Crippen molar-refractivity contribution in [2.45, 2.75) is 19.3 Å². The third-order valence-corrected chi connectivity index (χ3v) is 4.22. The zero-order valence-electron chi connectivity index (χ0n) is 14.0. The van der Waals surface area contributed by atoms with Gasteiger partial charge in [-0.15, -0.1) is 0 Å². The highest BCUT2D eigenvalue weighted by atomic mass is 16.1. The van der Waals surface area contributed by atoms with Crippen molar-refractivity contribution in [3.63, 3.8) is 0 Å². The predicted octanol–water partition coefficient (Wildman–Crippen LogP) is 5.12. The van der Waals surface area contributed by atoms with Crippen molar-refractivity contribution in [3.05, 3.63) is 107 Å². The lowest BCUT2D eigenvalue weighted by molar-refractivity contribution is 0.0979. The van der Waals surface area contributed by atoms with Crippen molar-refractivity contribution >= 4 is 11.6 Å². The summed E-state index contributed by atoms with van der Waals surface area (Å²) < 4.78 is 0. The second-order valence-corrected chi connectivity index (χ2v) is 6.03. The summed E-state index contributed by atoms with van der Waals surface area (Å²) in [5.74, 6) is 0.211. The smallest absolute Gasteiger partial charge is 0.193 e. The first-order valence-electron chi connectivity index (χ1n) is 8.51. The summed E-state index contributed by atoms with van der Waals surface area (Å²) in [6.07, 6.45) is 2.17. The van der Waals surface area contributed by atoms with Crippen LogP contribution in [0.3, 0.4) is 0 Å². The average Bonchev–Trinajstić information content (AvgIpc) is 2.69. The molecule has 2 heteroatoms. The molecule has 3 aromatic rings. The van der Waals surface area contributed by atoms with E-state index in [2.05, 4.69) is 0 Å². The van der Waals surface area contributed by atoms with Crippen molar-refractivity contribution in [2.75, 3.05) is 0 Å². The van der Waals surface area contributed by atoms with E-state index in [0.717, 1.165) is 24.0 Å². The molecule has 0 amide bonds. The Hall–Kier alpha value is -3.00. The monoisotopic (exact) mass is 328 g/mol. The molecule has 2 nitrogen and oxygen atoms in total. The molecule has 25 heavy (non-hydrogen) atoms. The van der Waals surface area contributed by atoms with Crippen LogP contribution >= 0.6 is 0 Å². The van der Waals surface area contributed by atoms with Gasteiger partial charge in [0, 0.05) is 23.1 Å². The average molecular weight is 328 g/mol. The Kier molecular flexibility index (Phi) is 5.53. The normalized spacial score (nSPS) is 10.4. The van der Waals surface area contributed by atoms with Gasteiger partial charge in [0.25, 0.3) is 0 Å². The van der Waals surface area contributed by atoms with E-state index in [4.69, 9.17) is 0 Å². The van der Waals surface area contributed by atoms with Gasteiger partial charge in [-0.05, 0) is 18.4 Å². The Labute approximate surface area is 148 Å². The highest BCUT2D eigenvalue weighted by molar-refractivity contribution is 6.08. The summed E-state index contributed by atoms with van der Waals surface area (Å²) in [5.41, 5.74) is 3.30. The summed E-state index contributed by atoms with van der Waals surface area (Å²) in [6, 6.07) is 26.4. The molecule has 0 fully saturated rings. The maximum atomic E-state index is 12.4. The molecule has 0 aliphatic heterocycles. The molecule has 3 aromatic carbocycles. The third-order valence-electron chi connectivity index (χ3n) is 4.22. The molecule has 0 aromatic heterocycles. The zero-order valence-corrected chi connectivity index (χ0v) is 14.0. The van der Waals surface area contributed by atoms with E-state index in [9.17, 15) is 9.59 Å². The van der Waals surface area contributed by atoms with Gasteiger partial charge in [0.1, 0.15) is 0 Å². The number of ketones is 2. The minimum absolute atomic E-state index is 0.0337. The lowest BCUT2D eigenvalue weighted by Crippen LogP contribution is -2.02. The van der Waals surface area contributed by atoms with E-state index in [1.165, 1.54) is 0 Å². The zero-order chi connectivity index (χ0) is 17.5. The van der Waals surface area contributed by atoms with E-state index < -0.39 is 0 Å².